The largest absolute Gasteiger partial charge is 0.495 e. The number of carboxylic acid groups (broad SMARTS) is 2. The molecule has 1 aromatic carbocycles. The molecule has 0 aromatic heterocycles. The van der Waals surface area contributed by atoms with E-state index in [0.717, 1.165) is 0 Å². The van der Waals surface area contributed by atoms with E-state index in [1.54, 1.807) is 31.2 Å². The third-order valence-corrected chi connectivity index (χ3v) is 3.11. The van der Waals surface area contributed by atoms with Gasteiger partial charge in [0.25, 0.3) is 0 Å². The number of hydrogen-bond acceptors (Lipinski definition) is 4. The molecule has 0 bridgehead atoms. The van der Waals surface area contributed by atoms with Gasteiger partial charge in [0.05, 0.1) is 18.7 Å². The fourth-order valence-corrected chi connectivity index (χ4v) is 1.84. The molecule has 6 heteroatoms. The third-order valence-electron chi connectivity index (χ3n) is 3.11. The van der Waals surface area contributed by atoms with Gasteiger partial charge in [0.2, 0.25) is 0 Å². The average Bonchev–Trinajstić information content (AvgIpc) is 2.43. The maximum atomic E-state index is 11.2. The van der Waals surface area contributed by atoms with E-state index in [9.17, 15) is 14.7 Å². The Bertz CT molecular complexity index is 488. The van der Waals surface area contributed by atoms with Crippen LogP contribution < -0.4 is 9.64 Å². The van der Waals surface area contributed by atoms with Gasteiger partial charge in [-0.15, -0.1) is 0 Å². The smallest absolute Gasteiger partial charge is 0.326 e. The molecule has 0 saturated heterocycles. The Morgan fingerprint density at radius 1 is 1.20 bits per heavy atom. The summed E-state index contributed by atoms with van der Waals surface area (Å²) in [7, 11) is 1.49. The monoisotopic (exact) mass is 281 g/mol. The highest BCUT2D eigenvalue weighted by molar-refractivity contribution is 5.79. The molecular weight excluding hydrogens is 262 g/mol. The highest BCUT2D eigenvalue weighted by Crippen LogP contribution is 2.30. The summed E-state index contributed by atoms with van der Waals surface area (Å²) >= 11 is 0. The first-order valence-electron chi connectivity index (χ1n) is 6.23. The van der Waals surface area contributed by atoms with Gasteiger partial charge in [0, 0.05) is 6.54 Å². The van der Waals surface area contributed by atoms with Gasteiger partial charge in [-0.2, -0.15) is 0 Å². The molecule has 6 nitrogen and oxygen atoms in total. The van der Waals surface area contributed by atoms with Gasteiger partial charge in [0.15, 0.2) is 0 Å². The topological polar surface area (TPSA) is 87.1 Å². The molecule has 0 aliphatic carbocycles. The van der Waals surface area contributed by atoms with Crippen LogP contribution in [0, 0.1) is 5.92 Å². The van der Waals surface area contributed by atoms with E-state index in [0.29, 0.717) is 11.4 Å². The first-order valence-corrected chi connectivity index (χ1v) is 6.23. The molecule has 20 heavy (non-hydrogen) atoms. The Balaban J connectivity index is 3.16. The van der Waals surface area contributed by atoms with E-state index in [1.807, 2.05) is 0 Å². The molecule has 0 spiro atoms. The number of aliphatic carboxylic acids is 2. The van der Waals surface area contributed by atoms with Crippen LogP contribution in [0.15, 0.2) is 24.3 Å². The van der Waals surface area contributed by atoms with Crippen molar-refractivity contribution in [2.24, 2.45) is 5.92 Å². The predicted octanol–water partition coefficient (Wildman–Crippen LogP) is 1.70. The average molecular weight is 281 g/mol. The summed E-state index contributed by atoms with van der Waals surface area (Å²) in [5, 5.41) is 18.2. The highest BCUT2D eigenvalue weighted by atomic mass is 16.5. The Morgan fingerprint density at radius 3 is 2.30 bits per heavy atom. The minimum atomic E-state index is -1.02. The van der Waals surface area contributed by atoms with Gasteiger partial charge < -0.3 is 19.8 Å². The van der Waals surface area contributed by atoms with Crippen molar-refractivity contribution in [2.45, 2.75) is 19.9 Å². The van der Waals surface area contributed by atoms with Gasteiger partial charge in [-0.05, 0) is 19.1 Å². The van der Waals surface area contributed by atoms with E-state index in [4.69, 9.17) is 9.84 Å². The number of benzene rings is 1. The van der Waals surface area contributed by atoms with Crippen molar-refractivity contribution in [2.75, 3.05) is 18.6 Å². The highest BCUT2D eigenvalue weighted by Gasteiger charge is 2.27. The summed E-state index contributed by atoms with van der Waals surface area (Å²) in [5.74, 6) is -2.17. The van der Waals surface area contributed by atoms with Gasteiger partial charge in [-0.3, -0.25) is 4.79 Å². The van der Waals surface area contributed by atoms with Crippen molar-refractivity contribution in [3.05, 3.63) is 24.3 Å². The lowest BCUT2D eigenvalue weighted by atomic mass is 10.1. The summed E-state index contributed by atoms with van der Waals surface area (Å²) in [6, 6.07) is 6.10. The second-order valence-electron chi connectivity index (χ2n) is 4.58. The number of rotatable bonds is 7. The second kappa shape index (κ2) is 6.79. The number of nitrogens with zero attached hydrogens (tertiary/aromatic N) is 1. The van der Waals surface area contributed by atoms with Crippen LogP contribution in [0.25, 0.3) is 0 Å². The fraction of sp³-hybridized carbons (Fsp3) is 0.429. The molecule has 0 heterocycles. The summed E-state index contributed by atoms with van der Waals surface area (Å²) in [4.78, 5) is 23.8. The summed E-state index contributed by atoms with van der Waals surface area (Å²) in [5.41, 5.74) is 0.568. The number of para-hydroxylation sites is 2. The van der Waals surface area contributed by atoms with Crippen LogP contribution in [0.4, 0.5) is 5.69 Å². The van der Waals surface area contributed by atoms with Crippen molar-refractivity contribution in [1.82, 2.24) is 0 Å². The minimum Gasteiger partial charge on any atom is -0.495 e. The van der Waals surface area contributed by atoms with Crippen LogP contribution >= 0.6 is 0 Å². The van der Waals surface area contributed by atoms with Crippen LogP contribution in [0.1, 0.15) is 13.8 Å². The zero-order valence-corrected chi connectivity index (χ0v) is 11.7. The van der Waals surface area contributed by atoms with Gasteiger partial charge >= 0.3 is 11.9 Å². The van der Waals surface area contributed by atoms with Crippen LogP contribution in [0.2, 0.25) is 0 Å². The maximum absolute atomic E-state index is 11.2. The second-order valence-corrected chi connectivity index (χ2v) is 4.58. The number of anilines is 1. The number of carbonyl (C=O) groups is 2. The lowest BCUT2D eigenvalue weighted by Crippen LogP contribution is -2.43. The number of hydrogen-bond donors (Lipinski definition) is 2. The molecule has 0 amide bonds. The first kappa shape index (κ1) is 15.8. The quantitative estimate of drug-likeness (QED) is 0.791. The first-order chi connectivity index (χ1) is 9.38. The van der Waals surface area contributed by atoms with Gasteiger partial charge in [-0.1, -0.05) is 19.1 Å². The SMILES string of the molecule is COc1ccccc1N(CC(C)C(=O)O)C(C)C(=O)O. The summed E-state index contributed by atoms with van der Waals surface area (Å²) in [6.45, 7) is 3.14. The Hall–Kier alpha value is -2.24. The molecule has 1 aromatic rings. The van der Waals surface area contributed by atoms with Gasteiger partial charge in [0.1, 0.15) is 11.8 Å². The molecular formula is C14H19NO5. The van der Waals surface area contributed by atoms with E-state index < -0.39 is 23.9 Å². The molecule has 0 radical (unpaired) electrons. The number of carboxylic acids is 2. The molecule has 0 aliphatic heterocycles. The number of methoxy groups -OCH3 is 1. The van der Waals surface area contributed by atoms with Gasteiger partial charge in [-0.25, -0.2) is 4.79 Å². The third kappa shape index (κ3) is 3.63. The summed E-state index contributed by atoms with van der Waals surface area (Å²) in [6.07, 6.45) is 0. The molecule has 0 saturated carbocycles. The molecule has 2 unspecified atom stereocenters. The number of ether oxygens (including phenoxy) is 1. The lowest BCUT2D eigenvalue weighted by molar-refractivity contribution is -0.142. The zero-order valence-electron chi connectivity index (χ0n) is 11.7. The molecule has 0 aliphatic rings. The Labute approximate surface area is 117 Å². The molecule has 0 fully saturated rings. The van der Waals surface area contributed by atoms with Crippen molar-refractivity contribution < 1.29 is 24.5 Å². The van der Waals surface area contributed by atoms with Crippen molar-refractivity contribution in [3.63, 3.8) is 0 Å². The Morgan fingerprint density at radius 2 is 1.80 bits per heavy atom. The summed E-state index contributed by atoms with van der Waals surface area (Å²) < 4.78 is 5.22. The molecule has 2 atom stereocenters. The molecule has 2 N–H and O–H groups in total. The predicted molar refractivity (Wildman–Crippen MR) is 74.2 cm³/mol. The van der Waals surface area contributed by atoms with Crippen LogP contribution in [0.5, 0.6) is 5.75 Å². The van der Waals surface area contributed by atoms with Crippen molar-refractivity contribution in [3.8, 4) is 5.75 Å². The van der Waals surface area contributed by atoms with E-state index in [1.165, 1.54) is 18.9 Å². The Kier molecular flexibility index (Phi) is 5.37. The van der Waals surface area contributed by atoms with E-state index in [-0.39, 0.29) is 6.54 Å². The van der Waals surface area contributed by atoms with E-state index >= 15 is 0 Å². The van der Waals surface area contributed by atoms with Crippen molar-refractivity contribution >= 4 is 17.6 Å². The fourth-order valence-electron chi connectivity index (χ4n) is 1.84. The normalized spacial score (nSPS) is 13.3. The standard InChI is InChI=1S/C14H19NO5/c1-9(13(16)17)8-15(10(2)14(18)19)11-6-4-5-7-12(11)20-3/h4-7,9-10H,8H2,1-3H3,(H,16,17)(H,18,19). The molecule has 1 rings (SSSR count). The lowest BCUT2D eigenvalue weighted by Gasteiger charge is -2.31. The zero-order chi connectivity index (χ0) is 15.3. The van der Waals surface area contributed by atoms with Crippen LogP contribution in [-0.4, -0.2) is 41.8 Å². The minimum absolute atomic E-state index is 0.0865. The molecule has 110 valence electrons. The van der Waals surface area contributed by atoms with Crippen LogP contribution in [-0.2, 0) is 9.59 Å². The van der Waals surface area contributed by atoms with Crippen molar-refractivity contribution in [1.29, 1.82) is 0 Å². The van der Waals surface area contributed by atoms with Crippen LogP contribution in [0.3, 0.4) is 0 Å². The maximum Gasteiger partial charge on any atom is 0.326 e. The van der Waals surface area contributed by atoms with E-state index in [2.05, 4.69) is 0 Å².